The third kappa shape index (κ3) is 4.59. The van der Waals surface area contributed by atoms with Gasteiger partial charge in [0.05, 0.1) is 41.5 Å². The van der Waals surface area contributed by atoms with E-state index in [0.717, 1.165) is 11.3 Å². The summed E-state index contributed by atoms with van der Waals surface area (Å²) >= 11 is 0. The van der Waals surface area contributed by atoms with Gasteiger partial charge in [-0.05, 0) is 55.5 Å². The first kappa shape index (κ1) is 21.8. The second-order valence-electron chi connectivity index (χ2n) is 7.12. The number of nitro groups is 1. The molecule has 1 N–H and O–H groups in total. The number of nitrogens with zero attached hydrogens (tertiary/aromatic N) is 2. The highest BCUT2D eigenvalue weighted by Gasteiger charge is 2.20. The maximum Gasteiger partial charge on any atom is 0.296 e. The Hall–Kier alpha value is -4.46. The van der Waals surface area contributed by atoms with E-state index >= 15 is 0 Å². The lowest BCUT2D eigenvalue weighted by Gasteiger charge is -2.12. The number of ether oxygens (including phenoxy) is 2. The summed E-state index contributed by atoms with van der Waals surface area (Å²) in [7, 11) is 1.42. The predicted octanol–water partition coefficient (Wildman–Crippen LogP) is 5.47. The highest BCUT2D eigenvalue weighted by Crippen LogP contribution is 2.31. The van der Waals surface area contributed by atoms with Crippen molar-refractivity contribution in [3.05, 3.63) is 88.5 Å². The van der Waals surface area contributed by atoms with Crippen molar-refractivity contribution in [2.24, 2.45) is 0 Å². The van der Waals surface area contributed by atoms with Crippen molar-refractivity contribution in [1.29, 1.82) is 0 Å². The lowest BCUT2D eigenvalue weighted by Crippen LogP contribution is -2.14. The van der Waals surface area contributed by atoms with Crippen LogP contribution in [0.4, 0.5) is 11.4 Å². The Balaban J connectivity index is 1.75. The van der Waals surface area contributed by atoms with Gasteiger partial charge in [-0.25, -0.2) is 4.98 Å². The van der Waals surface area contributed by atoms with Crippen LogP contribution < -0.4 is 14.8 Å². The van der Waals surface area contributed by atoms with Gasteiger partial charge >= 0.3 is 0 Å². The van der Waals surface area contributed by atoms with E-state index in [1.165, 1.54) is 19.2 Å². The molecule has 0 aliphatic rings. The molecule has 1 aromatic heterocycles. The van der Waals surface area contributed by atoms with Crippen LogP contribution in [0.2, 0.25) is 0 Å². The molecule has 4 rings (SSSR count). The number of fused-ring (bicyclic) bond motifs is 1. The summed E-state index contributed by atoms with van der Waals surface area (Å²) in [5.74, 6) is 0.590. The molecule has 0 spiro atoms. The molecule has 1 heterocycles. The number of nitro benzene ring substituents is 1. The van der Waals surface area contributed by atoms with Gasteiger partial charge in [-0.1, -0.05) is 18.2 Å². The van der Waals surface area contributed by atoms with Gasteiger partial charge in [0, 0.05) is 10.9 Å². The summed E-state index contributed by atoms with van der Waals surface area (Å²) in [4.78, 5) is 28.9. The van der Waals surface area contributed by atoms with Gasteiger partial charge < -0.3 is 14.8 Å². The highest BCUT2D eigenvalue weighted by atomic mass is 16.6. The van der Waals surface area contributed by atoms with Crippen LogP contribution in [0.25, 0.3) is 22.2 Å². The summed E-state index contributed by atoms with van der Waals surface area (Å²) in [5.41, 5.74) is 2.23. The Morgan fingerprint density at radius 3 is 2.45 bits per heavy atom. The number of hydrogen-bond donors (Lipinski definition) is 1. The van der Waals surface area contributed by atoms with Crippen LogP contribution in [-0.4, -0.2) is 29.5 Å². The van der Waals surface area contributed by atoms with Crippen LogP contribution in [-0.2, 0) is 0 Å². The molecule has 3 aromatic carbocycles. The first-order chi connectivity index (χ1) is 16.0. The number of pyridine rings is 1. The fourth-order valence-electron chi connectivity index (χ4n) is 3.48. The lowest BCUT2D eigenvalue weighted by atomic mass is 10.0. The Labute approximate surface area is 189 Å². The van der Waals surface area contributed by atoms with Crippen LogP contribution >= 0.6 is 0 Å². The van der Waals surface area contributed by atoms with E-state index in [-0.39, 0.29) is 11.4 Å². The Kier molecular flexibility index (Phi) is 6.17. The summed E-state index contributed by atoms with van der Waals surface area (Å²) in [6, 6.07) is 20.7. The standard InChI is InChI=1S/C25H21N3O5/c1-3-33-17-10-8-16(9-11-17)23-15-20(19-6-4-5-7-21(19)26-23)25(29)27-22-13-12-18(32-2)14-24(22)28(30)31/h4-15H,3H2,1-2H3,(H,27,29). The van der Waals surface area contributed by atoms with Gasteiger partial charge in [0.15, 0.2) is 0 Å². The number of benzene rings is 3. The normalized spacial score (nSPS) is 10.6. The van der Waals surface area contributed by atoms with Gasteiger partial charge in [0.2, 0.25) is 0 Å². The monoisotopic (exact) mass is 443 g/mol. The third-order valence-electron chi connectivity index (χ3n) is 5.07. The second-order valence-corrected chi connectivity index (χ2v) is 7.12. The maximum absolute atomic E-state index is 13.3. The number of hydrogen-bond acceptors (Lipinski definition) is 6. The van der Waals surface area contributed by atoms with Crippen LogP contribution in [0.1, 0.15) is 17.3 Å². The molecule has 8 nitrogen and oxygen atoms in total. The first-order valence-electron chi connectivity index (χ1n) is 10.3. The number of aromatic nitrogens is 1. The van der Waals surface area contributed by atoms with E-state index in [4.69, 9.17) is 14.5 Å². The zero-order valence-electron chi connectivity index (χ0n) is 18.1. The molecule has 0 aliphatic carbocycles. The molecular weight excluding hydrogens is 422 g/mol. The summed E-state index contributed by atoms with van der Waals surface area (Å²) in [5, 5.41) is 14.8. The topological polar surface area (TPSA) is 104 Å². The van der Waals surface area contributed by atoms with E-state index in [1.54, 1.807) is 18.2 Å². The smallest absolute Gasteiger partial charge is 0.296 e. The average Bonchev–Trinajstić information content (AvgIpc) is 2.84. The number of nitrogens with one attached hydrogen (secondary N) is 1. The van der Waals surface area contributed by atoms with Crippen LogP contribution in [0.3, 0.4) is 0 Å². The van der Waals surface area contributed by atoms with Crippen molar-refractivity contribution in [2.75, 3.05) is 19.0 Å². The van der Waals surface area contributed by atoms with E-state index < -0.39 is 10.8 Å². The first-order valence-corrected chi connectivity index (χ1v) is 10.3. The second kappa shape index (κ2) is 9.35. The average molecular weight is 443 g/mol. The minimum absolute atomic E-state index is 0.0781. The molecule has 0 saturated heterocycles. The van der Waals surface area contributed by atoms with Crippen LogP contribution in [0, 0.1) is 10.1 Å². The van der Waals surface area contributed by atoms with Gasteiger partial charge in [0.25, 0.3) is 11.6 Å². The predicted molar refractivity (Wildman–Crippen MR) is 126 cm³/mol. The molecule has 166 valence electrons. The van der Waals surface area contributed by atoms with Crippen molar-refractivity contribution >= 4 is 28.2 Å². The molecule has 1 amide bonds. The zero-order valence-corrected chi connectivity index (χ0v) is 18.1. The van der Waals surface area contributed by atoms with Crippen molar-refractivity contribution < 1.29 is 19.2 Å². The molecule has 4 aromatic rings. The summed E-state index contributed by atoms with van der Waals surface area (Å²) in [6.07, 6.45) is 0. The fraction of sp³-hybridized carbons (Fsp3) is 0.120. The largest absolute Gasteiger partial charge is 0.496 e. The van der Waals surface area contributed by atoms with Crippen molar-refractivity contribution in [3.8, 4) is 22.8 Å². The number of carbonyl (C=O) groups is 1. The molecule has 33 heavy (non-hydrogen) atoms. The highest BCUT2D eigenvalue weighted by molar-refractivity contribution is 6.13. The Morgan fingerprint density at radius 1 is 1.03 bits per heavy atom. The van der Waals surface area contributed by atoms with Gasteiger partial charge in [-0.15, -0.1) is 0 Å². The van der Waals surface area contributed by atoms with Crippen molar-refractivity contribution in [1.82, 2.24) is 4.98 Å². The summed E-state index contributed by atoms with van der Waals surface area (Å²) < 4.78 is 10.6. The van der Waals surface area contributed by atoms with Crippen LogP contribution in [0.5, 0.6) is 11.5 Å². The SMILES string of the molecule is CCOc1ccc(-c2cc(C(=O)Nc3ccc(OC)cc3[N+](=O)[O-])c3ccccc3n2)cc1. The third-order valence-corrected chi connectivity index (χ3v) is 5.07. The van der Waals surface area contributed by atoms with E-state index in [9.17, 15) is 14.9 Å². The van der Waals surface area contributed by atoms with E-state index in [1.807, 2.05) is 49.4 Å². The molecule has 0 saturated carbocycles. The fourth-order valence-corrected chi connectivity index (χ4v) is 3.48. The zero-order chi connectivity index (χ0) is 23.4. The van der Waals surface area contributed by atoms with Crippen molar-refractivity contribution in [2.45, 2.75) is 6.92 Å². The lowest BCUT2D eigenvalue weighted by molar-refractivity contribution is -0.384. The van der Waals surface area contributed by atoms with Crippen molar-refractivity contribution in [3.63, 3.8) is 0 Å². The minimum Gasteiger partial charge on any atom is -0.496 e. The van der Waals surface area contributed by atoms with E-state index in [0.29, 0.717) is 34.5 Å². The molecule has 0 aliphatic heterocycles. The van der Waals surface area contributed by atoms with Gasteiger partial charge in [0.1, 0.15) is 17.2 Å². The quantitative estimate of drug-likeness (QED) is 0.300. The Bertz CT molecular complexity index is 1340. The molecule has 8 heteroatoms. The maximum atomic E-state index is 13.3. The van der Waals surface area contributed by atoms with Crippen LogP contribution in [0.15, 0.2) is 72.8 Å². The molecule has 0 bridgehead atoms. The number of anilines is 1. The summed E-state index contributed by atoms with van der Waals surface area (Å²) in [6.45, 7) is 2.48. The molecule has 0 unspecified atom stereocenters. The number of rotatable bonds is 7. The van der Waals surface area contributed by atoms with Gasteiger partial charge in [-0.2, -0.15) is 0 Å². The van der Waals surface area contributed by atoms with Gasteiger partial charge in [-0.3, -0.25) is 14.9 Å². The minimum atomic E-state index is -0.561. The number of para-hydroxylation sites is 1. The molecule has 0 fully saturated rings. The molecule has 0 radical (unpaired) electrons. The molecular formula is C25H21N3O5. The Morgan fingerprint density at radius 2 is 1.76 bits per heavy atom. The number of carbonyl (C=O) groups excluding carboxylic acids is 1. The number of amides is 1. The number of methoxy groups -OCH3 is 1. The molecule has 0 atom stereocenters. The van der Waals surface area contributed by atoms with E-state index in [2.05, 4.69) is 5.32 Å².